The molecule has 1 fully saturated rings. The minimum absolute atomic E-state index is 0.198. The Morgan fingerprint density at radius 3 is 2.65 bits per heavy atom. The lowest BCUT2D eigenvalue weighted by Crippen LogP contribution is -2.20. The Balaban J connectivity index is 1.59. The normalized spacial score (nSPS) is 14.7. The van der Waals surface area contributed by atoms with E-state index in [1.807, 2.05) is 0 Å². The smallest absolute Gasteiger partial charge is 0.255 e. The second-order valence-corrected chi connectivity index (χ2v) is 6.38. The van der Waals surface area contributed by atoms with Crippen LogP contribution in [-0.2, 0) is 0 Å². The number of pyridine rings is 1. The first kappa shape index (κ1) is 18.2. The van der Waals surface area contributed by atoms with Gasteiger partial charge in [0.2, 0.25) is 5.88 Å². The number of amides is 1. The molecule has 3 rings (SSSR count). The van der Waals surface area contributed by atoms with Crippen LogP contribution in [-0.4, -0.2) is 30.1 Å². The van der Waals surface area contributed by atoms with Gasteiger partial charge >= 0.3 is 0 Å². The lowest BCUT2D eigenvalue weighted by molar-refractivity contribution is 0.102. The maximum atomic E-state index is 12.5. The van der Waals surface area contributed by atoms with Crippen LogP contribution < -0.4 is 20.5 Å². The van der Waals surface area contributed by atoms with E-state index in [1.165, 1.54) is 19.3 Å². The van der Waals surface area contributed by atoms with Gasteiger partial charge in [0.25, 0.3) is 5.91 Å². The van der Waals surface area contributed by atoms with Crippen molar-refractivity contribution in [1.29, 1.82) is 0 Å². The fourth-order valence-corrected chi connectivity index (χ4v) is 2.98. The molecule has 0 unspecified atom stereocenters. The summed E-state index contributed by atoms with van der Waals surface area (Å²) in [6, 6.07) is 10.6. The molecule has 0 bridgehead atoms. The maximum absolute atomic E-state index is 12.5. The third-order valence-corrected chi connectivity index (χ3v) is 4.34. The summed E-state index contributed by atoms with van der Waals surface area (Å²) < 4.78 is 11.4. The molecule has 26 heavy (non-hydrogen) atoms. The van der Waals surface area contributed by atoms with Gasteiger partial charge in [-0.05, 0) is 56.0 Å². The van der Waals surface area contributed by atoms with Crippen molar-refractivity contribution in [3.8, 4) is 11.6 Å². The number of rotatable bonds is 7. The Bertz CT molecular complexity index is 712. The van der Waals surface area contributed by atoms with E-state index < -0.39 is 0 Å². The zero-order chi connectivity index (χ0) is 18.2. The molecule has 6 heteroatoms. The molecule has 6 nitrogen and oxygen atoms in total. The highest BCUT2D eigenvalue weighted by atomic mass is 16.5. The van der Waals surface area contributed by atoms with Gasteiger partial charge in [-0.3, -0.25) is 4.79 Å². The molecule has 3 N–H and O–H groups in total. The predicted octanol–water partition coefficient (Wildman–Crippen LogP) is 3.38. The average molecular weight is 355 g/mol. The number of benzene rings is 1. The highest BCUT2D eigenvalue weighted by molar-refractivity contribution is 6.04. The SMILES string of the molecule is NCCOc1ccc(NC(=O)c2ccnc(OC3CCCCC3)c2)cc1. The summed E-state index contributed by atoms with van der Waals surface area (Å²) in [4.78, 5) is 16.7. The lowest BCUT2D eigenvalue weighted by Gasteiger charge is -2.22. The third-order valence-electron chi connectivity index (χ3n) is 4.34. The summed E-state index contributed by atoms with van der Waals surface area (Å²) in [6.45, 7) is 0.929. The molecule has 0 aliphatic heterocycles. The summed E-state index contributed by atoms with van der Waals surface area (Å²) in [7, 11) is 0. The van der Waals surface area contributed by atoms with Gasteiger partial charge in [-0.1, -0.05) is 6.42 Å². The van der Waals surface area contributed by atoms with Gasteiger partial charge in [0, 0.05) is 30.1 Å². The number of nitrogens with one attached hydrogen (secondary N) is 1. The van der Waals surface area contributed by atoms with Crippen LogP contribution in [0.15, 0.2) is 42.6 Å². The fraction of sp³-hybridized carbons (Fsp3) is 0.400. The Labute approximate surface area is 153 Å². The van der Waals surface area contributed by atoms with Crippen LogP contribution in [0.4, 0.5) is 5.69 Å². The topological polar surface area (TPSA) is 86.5 Å². The van der Waals surface area contributed by atoms with Crippen LogP contribution in [0.2, 0.25) is 0 Å². The third kappa shape index (κ3) is 5.20. The van der Waals surface area contributed by atoms with E-state index >= 15 is 0 Å². The summed E-state index contributed by atoms with van der Waals surface area (Å²) in [5.41, 5.74) is 6.63. The van der Waals surface area contributed by atoms with Crippen LogP contribution in [0, 0.1) is 0 Å². The molecule has 0 radical (unpaired) electrons. The van der Waals surface area contributed by atoms with E-state index in [0.717, 1.165) is 18.6 Å². The number of ether oxygens (including phenoxy) is 2. The second kappa shape index (κ2) is 9.20. The number of nitrogens with zero attached hydrogens (tertiary/aromatic N) is 1. The van der Waals surface area contributed by atoms with Crippen molar-refractivity contribution in [2.24, 2.45) is 5.73 Å². The van der Waals surface area contributed by atoms with Crippen molar-refractivity contribution in [2.45, 2.75) is 38.2 Å². The number of carbonyl (C=O) groups excluding carboxylic acids is 1. The molecule has 1 aromatic carbocycles. The molecule has 0 saturated heterocycles. The molecular formula is C20H25N3O3. The van der Waals surface area contributed by atoms with Crippen molar-refractivity contribution in [1.82, 2.24) is 4.98 Å². The summed E-state index contributed by atoms with van der Waals surface area (Å²) >= 11 is 0. The molecular weight excluding hydrogens is 330 g/mol. The van der Waals surface area contributed by atoms with Gasteiger partial charge in [-0.2, -0.15) is 0 Å². The van der Waals surface area contributed by atoms with Crippen molar-refractivity contribution >= 4 is 11.6 Å². The van der Waals surface area contributed by atoms with Gasteiger partial charge < -0.3 is 20.5 Å². The standard InChI is InChI=1S/C20H25N3O3/c21-11-13-25-17-8-6-16(7-9-17)23-20(24)15-10-12-22-19(14-15)26-18-4-2-1-3-5-18/h6-10,12,14,18H,1-5,11,13,21H2,(H,23,24). The molecule has 1 saturated carbocycles. The largest absolute Gasteiger partial charge is 0.492 e. The number of hydrogen-bond donors (Lipinski definition) is 2. The van der Waals surface area contributed by atoms with E-state index in [2.05, 4.69) is 10.3 Å². The van der Waals surface area contributed by atoms with Crippen molar-refractivity contribution in [2.75, 3.05) is 18.5 Å². The first-order valence-corrected chi connectivity index (χ1v) is 9.11. The molecule has 138 valence electrons. The fourth-order valence-electron chi connectivity index (χ4n) is 2.98. The zero-order valence-corrected chi connectivity index (χ0v) is 14.8. The molecule has 2 aromatic rings. The Kier molecular flexibility index (Phi) is 6.44. The molecule has 0 spiro atoms. The summed E-state index contributed by atoms with van der Waals surface area (Å²) in [6.07, 6.45) is 7.57. The first-order valence-electron chi connectivity index (χ1n) is 9.11. The van der Waals surface area contributed by atoms with Crippen LogP contribution in [0.3, 0.4) is 0 Å². The van der Waals surface area contributed by atoms with Gasteiger partial charge in [0.1, 0.15) is 18.5 Å². The van der Waals surface area contributed by atoms with Crippen LogP contribution >= 0.6 is 0 Å². The highest BCUT2D eigenvalue weighted by Gasteiger charge is 2.16. The predicted molar refractivity (Wildman–Crippen MR) is 101 cm³/mol. The summed E-state index contributed by atoms with van der Waals surface area (Å²) in [5, 5.41) is 2.87. The summed E-state index contributed by atoms with van der Waals surface area (Å²) in [5.74, 6) is 1.03. The van der Waals surface area contributed by atoms with Crippen LogP contribution in [0.1, 0.15) is 42.5 Å². The number of hydrogen-bond acceptors (Lipinski definition) is 5. The molecule has 1 aliphatic carbocycles. The minimum atomic E-state index is -0.198. The van der Waals surface area contributed by atoms with Crippen molar-refractivity contribution in [3.63, 3.8) is 0 Å². The first-order chi connectivity index (χ1) is 12.7. The maximum Gasteiger partial charge on any atom is 0.255 e. The Morgan fingerprint density at radius 2 is 1.92 bits per heavy atom. The Morgan fingerprint density at radius 1 is 1.15 bits per heavy atom. The monoisotopic (exact) mass is 355 g/mol. The quantitative estimate of drug-likeness (QED) is 0.795. The van der Waals surface area contributed by atoms with Gasteiger partial charge in [-0.25, -0.2) is 4.98 Å². The van der Waals surface area contributed by atoms with Crippen LogP contribution in [0.25, 0.3) is 0 Å². The van der Waals surface area contributed by atoms with E-state index in [0.29, 0.717) is 30.3 Å². The number of carbonyl (C=O) groups is 1. The van der Waals surface area contributed by atoms with Crippen LogP contribution in [0.5, 0.6) is 11.6 Å². The molecule has 1 aliphatic rings. The average Bonchev–Trinajstić information content (AvgIpc) is 2.68. The van der Waals surface area contributed by atoms with E-state index in [-0.39, 0.29) is 12.0 Å². The molecule has 1 aromatic heterocycles. The van der Waals surface area contributed by atoms with Crippen molar-refractivity contribution in [3.05, 3.63) is 48.2 Å². The van der Waals surface area contributed by atoms with E-state index in [9.17, 15) is 4.79 Å². The molecule has 1 heterocycles. The van der Waals surface area contributed by atoms with E-state index in [4.69, 9.17) is 15.2 Å². The number of anilines is 1. The number of aromatic nitrogens is 1. The lowest BCUT2D eigenvalue weighted by atomic mass is 9.98. The highest BCUT2D eigenvalue weighted by Crippen LogP contribution is 2.23. The molecule has 1 amide bonds. The second-order valence-electron chi connectivity index (χ2n) is 6.38. The number of nitrogens with two attached hydrogens (primary N) is 1. The van der Waals surface area contributed by atoms with Gasteiger partial charge in [0.05, 0.1) is 0 Å². The van der Waals surface area contributed by atoms with Gasteiger partial charge in [-0.15, -0.1) is 0 Å². The van der Waals surface area contributed by atoms with E-state index in [1.54, 1.807) is 42.6 Å². The Hall–Kier alpha value is -2.60. The molecule has 0 atom stereocenters. The van der Waals surface area contributed by atoms with Gasteiger partial charge in [0.15, 0.2) is 0 Å². The van der Waals surface area contributed by atoms with Crippen molar-refractivity contribution < 1.29 is 14.3 Å². The minimum Gasteiger partial charge on any atom is -0.492 e. The zero-order valence-electron chi connectivity index (χ0n) is 14.8.